The molecule has 0 N–H and O–H groups in total. The van der Waals surface area contributed by atoms with Gasteiger partial charge >= 0.3 is 0 Å². The quantitative estimate of drug-likeness (QED) is 0.727. The zero-order valence-corrected chi connectivity index (χ0v) is 14.6. The Morgan fingerprint density at radius 3 is 1.95 bits per heavy atom. The van der Waals surface area contributed by atoms with Crippen molar-refractivity contribution < 1.29 is 0 Å². The second kappa shape index (κ2) is 5.58. The molecule has 2 nitrogen and oxygen atoms in total. The van der Waals surface area contributed by atoms with Gasteiger partial charge in [0.2, 0.25) is 0 Å². The van der Waals surface area contributed by atoms with E-state index in [1.165, 1.54) is 0 Å². The molecule has 3 heteroatoms. The highest BCUT2D eigenvalue weighted by Gasteiger charge is 2.29. The van der Waals surface area contributed by atoms with Crippen molar-refractivity contribution in [3.63, 3.8) is 0 Å². The molecule has 106 valence electrons. The van der Waals surface area contributed by atoms with Gasteiger partial charge in [0.15, 0.2) is 0 Å². The molecule has 0 heterocycles. The summed E-state index contributed by atoms with van der Waals surface area (Å²) in [4.78, 5) is 0. The van der Waals surface area contributed by atoms with E-state index in [9.17, 15) is 5.26 Å². The first kappa shape index (κ1) is 16.7. The SMILES string of the molecule is CC(C)(C)c1cc(CC#N)c(Br)c(C(C)(C)C)c1C#N. The molecule has 1 rings (SSSR count). The number of halogens is 1. The molecule has 0 amide bonds. The Labute approximate surface area is 130 Å². The van der Waals surface area contributed by atoms with Crippen molar-refractivity contribution in [2.45, 2.75) is 58.8 Å². The normalized spacial score (nSPS) is 11.8. The van der Waals surface area contributed by atoms with Crippen LogP contribution in [0.3, 0.4) is 0 Å². The van der Waals surface area contributed by atoms with E-state index in [1.807, 2.05) is 6.07 Å². The smallest absolute Gasteiger partial charge is 0.0998 e. The van der Waals surface area contributed by atoms with Gasteiger partial charge < -0.3 is 0 Å². The second-order valence-electron chi connectivity index (χ2n) is 7.09. The average molecular weight is 333 g/mol. The monoisotopic (exact) mass is 332 g/mol. The Morgan fingerprint density at radius 1 is 1.05 bits per heavy atom. The van der Waals surface area contributed by atoms with Crippen LogP contribution in [0.1, 0.15) is 63.8 Å². The van der Waals surface area contributed by atoms with Crippen LogP contribution in [0.15, 0.2) is 10.5 Å². The summed E-state index contributed by atoms with van der Waals surface area (Å²) in [6, 6.07) is 6.58. The van der Waals surface area contributed by atoms with Gasteiger partial charge in [0, 0.05) is 4.47 Å². The fourth-order valence-corrected chi connectivity index (χ4v) is 3.39. The minimum atomic E-state index is -0.157. The van der Waals surface area contributed by atoms with Gasteiger partial charge in [-0.1, -0.05) is 63.5 Å². The maximum atomic E-state index is 9.64. The molecule has 1 aromatic carbocycles. The third-order valence-corrected chi connectivity index (χ3v) is 4.18. The predicted octanol–water partition coefficient (Wildman–Crippen LogP) is 4.98. The number of hydrogen-bond acceptors (Lipinski definition) is 2. The number of rotatable bonds is 1. The van der Waals surface area contributed by atoms with E-state index in [4.69, 9.17) is 5.26 Å². The number of hydrogen-bond donors (Lipinski definition) is 0. The Kier molecular flexibility index (Phi) is 4.67. The molecule has 0 saturated carbocycles. The average Bonchev–Trinajstić information content (AvgIpc) is 2.27. The summed E-state index contributed by atoms with van der Waals surface area (Å²) in [5, 5.41) is 18.7. The largest absolute Gasteiger partial charge is 0.198 e. The van der Waals surface area contributed by atoms with E-state index >= 15 is 0 Å². The van der Waals surface area contributed by atoms with Gasteiger partial charge in [0.25, 0.3) is 0 Å². The van der Waals surface area contributed by atoms with Crippen LogP contribution >= 0.6 is 15.9 Å². The number of nitrogens with zero attached hydrogens (tertiary/aromatic N) is 2. The van der Waals surface area contributed by atoms with Crippen molar-refractivity contribution in [2.24, 2.45) is 0 Å². The van der Waals surface area contributed by atoms with Crippen LogP contribution in [0.5, 0.6) is 0 Å². The van der Waals surface area contributed by atoms with Crippen molar-refractivity contribution in [1.82, 2.24) is 0 Å². The summed E-state index contributed by atoms with van der Waals surface area (Å²) in [5.74, 6) is 0. The molecular formula is C17H21BrN2. The molecule has 1 aromatic rings. The van der Waals surface area contributed by atoms with Crippen LogP contribution in [0.2, 0.25) is 0 Å². The van der Waals surface area contributed by atoms with E-state index in [0.717, 1.165) is 26.7 Å². The first-order chi connectivity index (χ1) is 9.04. The van der Waals surface area contributed by atoms with Crippen molar-refractivity contribution in [1.29, 1.82) is 10.5 Å². The third-order valence-electron chi connectivity index (χ3n) is 3.28. The highest BCUT2D eigenvalue weighted by Crippen LogP contribution is 2.40. The van der Waals surface area contributed by atoms with E-state index in [-0.39, 0.29) is 10.8 Å². The maximum Gasteiger partial charge on any atom is 0.0998 e. The summed E-state index contributed by atoms with van der Waals surface area (Å²) in [6.07, 6.45) is 0.346. The van der Waals surface area contributed by atoms with Gasteiger partial charge in [-0.3, -0.25) is 0 Å². The molecular weight excluding hydrogens is 312 g/mol. The molecule has 0 aromatic heterocycles. The lowest BCUT2D eigenvalue weighted by Crippen LogP contribution is -2.21. The van der Waals surface area contributed by atoms with Gasteiger partial charge in [-0.2, -0.15) is 10.5 Å². The van der Waals surface area contributed by atoms with Gasteiger partial charge in [-0.05, 0) is 27.5 Å². The molecule has 0 atom stereocenters. The molecule has 20 heavy (non-hydrogen) atoms. The maximum absolute atomic E-state index is 9.64. The summed E-state index contributed by atoms with van der Waals surface area (Å²) in [7, 11) is 0. The van der Waals surface area contributed by atoms with Crippen LogP contribution in [-0.4, -0.2) is 0 Å². The summed E-state index contributed by atoms with van der Waals surface area (Å²) >= 11 is 3.61. The zero-order chi connectivity index (χ0) is 15.7. The van der Waals surface area contributed by atoms with Gasteiger partial charge in [-0.25, -0.2) is 0 Å². The van der Waals surface area contributed by atoms with Crippen molar-refractivity contribution >= 4 is 15.9 Å². The standard InChI is InChI=1S/C17H21BrN2/c1-16(2,3)13-9-11(7-8-19)15(18)14(12(13)10-20)17(4,5)6/h9H,7H2,1-6H3. The molecule has 0 fully saturated rings. The predicted molar refractivity (Wildman–Crippen MR) is 85.6 cm³/mol. The summed E-state index contributed by atoms with van der Waals surface area (Å²) in [6.45, 7) is 12.6. The van der Waals surface area contributed by atoms with Crippen LogP contribution < -0.4 is 0 Å². The topological polar surface area (TPSA) is 47.6 Å². The van der Waals surface area contributed by atoms with E-state index in [2.05, 4.69) is 69.6 Å². The van der Waals surface area contributed by atoms with Crippen molar-refractivity contribution in [2.75, 3.05) is 0 Å². The lowest BCUT2D eigenvalue weighted by atomic mass is 9.75. The zero-order valence-electron chi connectivity index (χ0n) is 13.1. The minimum absolute atomic E-state index is 0.129. The lowest BCUT2D eigenvalue weighted by Gasteiger charge is -2.29. The van der Waals surface area contributed by atoms with Gasteiger partial charge in [0.1, 0.15) is 0 Å². The van der Waals surface area contributed by atoms with Crippen LogP contribution in [0, 0.1) is 22.7 Å². The summed E-state index contributed by atoms with van der Waals surface area (Å²) in [5.41, 5.74) is 3.42. The Morgan fingerprint density at radius 2 is 1.60 bits per heavy atom. The first-order valence-corrected chi connectivity index (χ1v) is 7.46. The molecule has 0 spiro atoms. The Bertz CT molecular complexity index is 602. The molecule has 0 saturated heterocycles. The van der Waals surface area contributed by atoms with E-state index < -0.39 is 0 Å². The summed E-state index contributed by atoms with van der Waals surface area (Å²) < 4.78 is 0.899. The molecule has 0 aliphatic heterocycles. The minimum Gasteiger partial charge on any atom is -0.198 e. The molecule has 0 bridgehead atoms. The van der Waals surface area contributed by atoms with Crippen molar-refractivity contribution in [3.05, 3.63) is 32.8 Å². The molecule has 0 radical (unpaired) electrons. The fraction of sp³-hybridized carbons (Fsp3) is 0.529. The Balaban J connectivity index is 3.87. The van der Waals surface area contributed by atoms with Crippen LogP contribution in [0.25, 0.3) is 0 Å². The molecule has 0 unspecified atom stereocenters. The lowest BCUT2D eigenvalue weighted by molar-refractivity contribution is 0.561. The molecule has 0 aliphatic carbocycles. The Hall–Kier alpha value is -1.32. The van der Waals surface area contributed by atoms with Gasteiger partial charge in [-0.15, -0.1) is 0 Å². The van der Waals surface area contributed by atoms with Crippen LogP contribution in [-0.2, 0) is 17.3 Å². The van der Waals surface area contributed by atoms with E-state index in [1.54, 1.807) is 0 Å². The highest BCUT2D eigenvalue weighted by atomic mass is 79.9. The highest BCUT2D eigenvalue weighted by molar-refractivity contribution is 9.10. The molecule has 0 aliphatic rings. The first-order valence-electron chi connectivity index (χ1n) is 6.67. The van der Waals surface area contributed by atoms with Gasteiger partial charge in [0.05, 0.1) is 24.1 Å². The van der Waals surface area contributed by atoms with Crippen LogP contribution in [0.4, 0.5) is 0 Å². The van der Waals surface area contributed by atoms with Crippen molar-refractivity contribution in [3.8, 4) is 12.1 Å². The fourth-order valence-electron chi connectivity index (χ4n) is 2.34. The third kappa shape index (κ3) is 3.22. The number of nitriles is 2. The number of benzene rings is 1. The van der Waals surface area contributed by atoms with E-state index in [0.29, 0.717) is 6.42 Å². The second-order valence-corrected chi connectivity index (χ2v) is 7.89.